The van der Waals surface area contributed by atoms with Crippen LogP contribution in [0.2, 0.25) is 0 Å². The monoisotopic (exact) mass is 294 g/mol. The molecule has 1 aliphatic heterocycles. The highest BCUT2D eigenvalue weighted by Gasteiger charge is 2.10. The fraction of sp³-hybridized carbons (Fsp3) is 0.895. The Hall–Kier alpha value is -0.660. The van der Waals surface area contributed by atoms with Crippen LogP contribution in [0.25, 0.3) is 0 Å². The van der Waals surface area contributed by atoms with E-state index in [0.717, 1.165) is 6.67 Å². The number of nitrogens with zero attached hydrogens (tertiary/aromatic N) is 2. The quantitative estimate of drug-likeness (QED) is 0.376. The summed E-state index contributed by atoms with van der Waals surface area (Å²) in [5.74, 6) is 0. The van der Waals surface area contributed by atoms with Crippen molar-refractivity contribution in [1.82, 2.24) is 9.80 Å². The molecule has 0 saturated carbocycles. The highest BCUT2D eigenvalue weighted by molar-refractivity contribution is 4.90. The summed E-state index contributed by atoms with van der Waals surface area (Å²) in [6.45, 7) is 8.15. The summed E-state index contributed by atoms with van der Waals surface area (Å²) in [6.07, 6.45) is 21.4. The average Bonchev–Trinajstić information content (AvgIpc) is 2.95. The molecule has 0 fully saturated rings. The van der Waals surface area contributed by atoms with E-state index in [9.17, 15) is 0 Å². The molecule has 2 heteroatoms. The van der Waals surface area contributed by atoms with Crippen molar-refractivity contribution in [2.45, 2.75) is 90.9 Å². The Labute approximate surface area is 133 Å². The van der Waals surface area contributed by atoms with Gasteiger partial charge >= 0.3 is 0 Å². The summed E-state index contributed by atoms with van der Waals surface area (Å²) in [5, 5.41) is 0. The third-order valence-electron chi connectivity index (χ3n) is 4.45. The van der Waals surface area contributed by atoms with Crippen LogP contribution >= 0.6 is 0 Å². The summed E-state index contributed by atoms with van der Waals surface area (Å²) in [5.41, 5.74) is 0. The lowest BCUT2D eigenvalue weighted by Crippen LogP contribution is -2.26. The summed E-state index contributed by atoms with van der Waals surface area (Å²) in [7, 11) is 0. The van der Waals surface area contributed by atoms with Gasteiger partial charge in [-0.3, -0.25) is 0 Å². The zero-order valence-corrected chi connectivity index (χ0v) is 14.7. The molecule has 0 radical (unpaired) electrons. The molecule has 1 heterocycles. The topological polar surface area (TPSA) is 6.48 Å². The van der Waals surface area contributed by atoms with Crippen LogP contribution in [0.1, 0.15) is 90.9 Å². The lowest BCUT2D eigenvalue weighted by molar-refractivity contribution is 0.258. The van der Waals surface area contributed by atoms with Crippen molar-refractivity contribution in [3.63, 3.8) is 0 Å². The van der Waals surface area contributed by atoms with Crippen LogP contribution in [0, 0.1) is 0 Å². The Morgan fingerprint density at radius 3 is 1.52 bits per heavy atom. The van der Waals surface area contributed by atoms with Gasteiger partial charge in [-0.1, -0.05) is 78.1 Å². The second-order valence-corrected chi connectivity index (χ2v) is 6.60. The van der Waals surface area contributed by atoms with Gasteiger partial charge in [0.25, 0.3) is 0 Å². The van der Waals surface area contributed by atoms with Gasteiger partial charge in [0.1, 0.15) is 0 Å². The third-order valence-corrected chi connectivity index (χ3v) is 4.45. The molecule has 0 aromatic carbocycles. The summed E-state index contributed by atoms with van der Waals surface area (Å²) >= 11 is 0. The number of hydrogen-bond donors (Lipinski definition) is 0. The predicted octanol–water partition coefficient (Wildman–Crippen LogP) is 5.75. The zero-order chi connectivity index (χ0) is 15.2. The van der Waals surface area contributed by atoms with Crippen molar-refractivity contribution >= 4 is 0 Å². The van der Waals surface area contributed by atoms with Crippen LogP contribution < -0.4 is 0 Å². The Morgan fingerprint density at radius 1 is 0.571 bits per heavy atom. The summed E-state index contributed by atoms with van der Waals surface area (Å²) in [6, 6.07) is 0. The molecular formula is C19H38N2. The van der Waals surface area contributed by atoms with E-state index in [-0.39, 0.29) is 0 Å². The molecule has 0 saturated heterocycles. The van der Waals surface area contributed by atoms with Gasteiger partial charge in [0.2, 0.25) is 0 Å². The largest absolute Gasteiger partial charge is 0.359 e. The van der Waals surface area contributed by atoms with E-state index in [0.29, 0.717) is 0 Å². The smallest absolute Gasteiger partial charge is 0.0893 e. The normalized spacial score (nSPS) is 14.4. The second kappa shape index (κ2) is 13.0. The van der Waals surface area contributed by atoms with Crippen LogP contribution in [0.4, 0.5) is 0 Å². The lowest BCUT2D eigenvalue weighted by Gasteiger charge is -2.21. The molecule has 0 atom stereocenters. The zero-order valence-electron chi connectivity index (χ0n) is 14.7. The second-order valence-electron chi connectivity index (χ2n) is 6.60. The van der Waals surface area contributed by atoms with E-state index in [1.54, 1.807) is 0 Å². The number of unbranched alkanes of at least 4 members (excludes halogenated alkanes) is 10. The minimum Gasteiger partial charge on any atom is -0.359 e. The molecule has 2 nitrogen and oxygen atoms in total. The van der Waals surface area contributed by atoms with Gasteiger partial charge in [-0.2, -0.15) is 0 Å². The van der Waals surface area contributed by atoms with Crippen LogP contribution in [0.15, 0.2) is 12.4 Å². The van der Waals surface area contributed by atoms with Gasteiger partial charge in [-0.15, -0.1) is 0 Å². The maximum Gasteiger partial charge on any atom is 0.0893 e. The molecule has 0 spiro atoms. The van der Waals surface area contributed by atoms with Crippen molar-refractivity contribution in [1.29, 1.82) is 0 Å². The molecule has 0 N–H and O–H groups in total. The fourth-order valence-corrected chi connectivity index (χ4v) is 2.97. The van der Waals surface area contributed by atoms with Gasteiger partial charge in [-0.25, -0.2) is 0 Å². The first-order valence-electron chi connectivity index (χ1n) is 9.53. The first kappa shape index (κ1) is 18.4. The highest BCUT2D eigenvalue weighted by Crippen LogP contribution is 2.12. The minimum absolute atomic E-state index is 1.12. The van der Waals surface area contributed by atoms with Gasteiger partial charge in [0.15, 0.2) is 0 Å². The fourth-order valence-electron chi connectivity index (χ4n) is 2.97. The first-order valence-corrected chi connectivity index (χ1v) is 9.53. The summed E-state index contributed by atoms with van der Waals surface area (Å²) < 4.78 is 0. The summed E-state index contributed by atoms with van der Waals surface area (Å²) in [4.78, 5) is 4.92. The molecule has 0 amide bonds. The Kier molecular flexibility index (Phi) is 11.4. The minimum atomic E-state index is 1.12. The number of hydrogen-bond acceptors (Lipinski definition) is 2. The van der Waals surface area contributed by atoms with Gasteiger partial charge < -0.3 is 9.80 Å². The first-order chi connectivity index (χ1) is 10.4. The van der Waals surface area contributed by atoms with E-state index in [1.807, 2.05) is 0 Å². The Morgan fingerprint density at radius 2 is 1.00 bits per heavy atom. The van der Waals surface area contributed by atoms with Crippen molar-refractivity contribution in [3.05, 3.63) is 12.4 Å². The van der Waals surface area contributed by atoms with Crippen molar-refractivity contribution in [2.24, 2.45) is 0 Å². The number of rotatable bonds is 14. The van der Waals surface area contributed by atoms with Gasteiger partial charge in [0.05, 0.1) is 6.67 Å². The lowest BCUT2D eigenvalue weighted by atomic mass is 10.1. The van der Waals surface area contributed by atoms with E-state index in [2.05, 4.69) is 36.0 Å². The van der Waals surface area contributed by atoms with Crippen LogP contribution in [-0.4, -0.2) is 29.6 Å². The molecule has 21 heavy (non-hydrogen) atoms. The van der Waals surface area contributed by atoms with E-state index in [4.69, 9.17) is 0 Å². The van der Waals surface area contributed by atoms with Gasteiger partial charge in [0, 0.05) is 25.5 Å². The standard InChI is InChI=1S/C19H38N2/c1-3-5-7-8-9-10-11-12-13-14-16-21-18-17-20(19-21)15-6-4-2/h17-18H,3-16,19H2,1-2H3. The molecule has 0 aromatic rings. The van der Waals surface area contributed by atoms with Crippen molar-refractivity contribution in [2.75, 3.05) is 19.8 Å². The molecule has 1 aliphatic rings. The molecule has 0 unspecified atom stereocenters. The van der Waals surface area contributed by atoms with Crippen LogP contribution in [0.5, 0.6) is 0 Å². The molecule has 0 aromatic heterocycles. The average molecular weight is 295 g/mol. The highest BCUT2D eigenvalue weighted by atomic mass is 15.3. The Bertz CT molecular complexity index is 250. The molecule has 0 aliphatic carbocycles. The van der Waals surface area contributed by atoms with Crippen LogP contribution in [-0.2, 0) is 0 Å². The maximum absolute atomic E-state index is 2.47. The molecule has 1 rings (SSSR count). The van der Waals surface area contributed by atoms with E-state index in [1.165, 1.54) is 90.1 Å². The molecular weight excluding hydrogens is 256 g/mol. The SMILES string of the molecule is CCCCCCCCCCCCN1C=CN(CCCC)C1. The predicted molar refractivity (Wildman–Crippen MR) is 94.2 cm³/mol. The van der Waals surface area contributed by atoms with Crippen molar-refractivity contribution < 1.29 is 0 Å². The van der Waals surface area contributed by atoms with Crippen LogP contribution in [0.3, 0.4) is 0 Å². The van der Waals surface area contributed by atoms with E-state index >= 15 is 0 Å². The Balaban J connectivity index is 1.82. The van der Waals surface area contributed by atoms with E-state index < -0.39 is 0 Å². The van der Waals surface area contributed by atoms with Gasteiger partial charge in [-0.05, 0) is 12.8 Å². The maximum atomic E-state index is 2.47. The molecule has 124 valence electrons. The van der Waals surface area contributed by atoms with Crippen molar-refractivity contribution in [3.8, 4) is 0 Å². The molecule has 0 bridgehead atoms. The third kappa shape index (κ3) is 9.82.